The van der Waals surface area contributed by atoms with Crippen LogP contribution in [0.1, 0.15) is 5.56 Å². The number of benzene rings is 6. The predicted octanol–water partition coefficient (Wildman–Crippen LogP) is 9.38. The van der Waals surface area contributed by atoms with Crippen LogP contribution in [0.4, 0.5) is 5.69 Å². The molecule has 3 heterocycles. The summed E-state index contributed by atoms with van der Waals surface area (Å²) in [5, 5.41) is 0. The van der Waals surface area contributed by atoms with Gasteiger partial charge in [0.2, 0.25) is 0 Å². The number of hydrogen-bond acceptors (Lipinski definition) is 4. The van der Waals surface area contributed by atoms with E-state index < -0.39 is 0 Å². The van der Waals surface area contributed by atoms with Crippen LogP contribution < -0.4 is 10.3 Å². The Morgan fingerprint density at radius 1 is 0.417 bits per heavy atom. The molecule has 0 unspecified atom stereocenters. The number of fused-ring (bicyclic) bond motifs is 6. The Hall–Kier alpha value is -6.33. The highest BCUT2D eigenvalue weighted by Crippen LogP contribution is 2.42. The highest BCUT2D eigenvalue weighted by Gasteiger charge is 2.38. The summed E-state index contributed by atoms with van der Waals surface area (Å²) >= 11 is 0. The standard InChI is InChI=1S/C43H29BN4/c1-4-15-30(16-5-1)37-29-33(43-46-41(31-17-6-2-7-18-31)45-42(47-43)32-19-8-3-9-20-32)26-27-35(37)39-24-14-28-48-40-25-13-11-22-36(40)34-21-10-12-23-38(34)44(39)48/h1-29H. The normalized spacial score (nSPS) is 13.0. The van der Waals surface area contributed by atoms with Gasteiger partial charge in [-0.1, -0.05) is 152 Å². The van der Waals surface area contributed by atoms with Crippen molar-refractivity contribution < 1.29 is 0 Å². The topological polar surface area (TPSA) is 41.9 Å². The van der Waals surface area contributed by atoms with E-state index in [4.69, 9.17) is 15.0 Å². The lowest BCUT2D eigenvalue weighted by Crippen LogP contribution is -2.51. The van der Waals surface area contributed by atoms with Crippen LogP contribution in [-0.2, 0) is 0 Å². The smallest absolute Gasteiger partial charge is 0.328 e. The molecule has 0 atom stereocenters. The van der Waals surface area contributed by atoms with Gasteiger partial charge in [-0.25, -0.2) is 15.0 Å². The molecule has 0 saturated carbocycles. The molecule has 2 aliphatic heterocycles. The van der Waals surface area contributed by atoms with E-state index in [0.717, 1.165) is 27.8 Å². The van der Waals surface area contributed by atoms with Crippen molar-refractivity contribution in [3.63, 3.8) is 0 Å². The molecule has 0 saturated heterocycles. The number of para-hydroxylation sites is 1. The Morgan fingerprint density at radius 3 is 1.62 bits per heavy atom. The van der Waals surface area contributed by atoms with Crippen LogP contribution in [0.3, 0.4) is 0 Å². The minimum Gasteiger partial charge on any atom is -0.383 e. The molecule has 0 amide bonds. The highest BCUT2D eigenvalue weighted by molar-refractivity contribution is 6.95. The first-order chi connectivity index (χ1) is 23.8. The van der Waals surface area contributed by atoms with Crippen LogP contribution in [-0.4, -0.2) is 21.8 Å². The summed E-state index contributed by atoms with van der Waals surface area (Å²) in [6.07, 6.45) is 6.65. The maximum Gasteiger partial charge on any atom is 0.328 e. The molecule has 48 heavy (non-hydrogen) atoms. The number of hydrogen-bond donors (Lipinski definition) is 0. The highest BCUT2D eigenvalue weighted by atomic mass is 15.1. The van der Waals surface area contributed by atoms with Gasteiger partial charge in [0, 0.05) is 27.9 Å². The van der Waals surface area contributed by atoms with Crippen molar-refractivity contribution in [1.29, 1.82) is 0 Å². The second-order valence-corrected chi connectivity index (χ2v) is 12.0. The minimum absolute atomic E-state index is 0.0287. The first-order valence-electron chi connectivity index (χ1n) is 16.2. The summed E-state index contributed by atoms with van der Waals surface area (Å²) in [5.74, 6) is 1.94. The largest absolute Gasteiger partial charge is 0.383 e. The van der Waals surface area contributed by atoms with Crippen LogP contribution in [0.2, 0.25) is 0 Å². The van der Waals surface area contributed by atoms with E-state index in [2.05, 4.69) is 120 Å². The summed E-state index contributed by atoms with van der Waals surface area (Å²) in [6.45, 7) is 0.0287. The van der Waals surface area contributed by atoms with E-state index in [-0.39, 0.29) is 6.85 Å². The van der Waals surface area contributed by atoms with Crippen LogP contribution in [0.5, 0.6) is 0 Å². The molecule has 0 bridgehead atoms. The molecule has 0 fully saturated rings. The van der Waals surface area contributed by atoms with E-state index in [1.807, 2.05) is 60.7 Å². The molecule has 0 N–H and O–H groups in total. The minimum atomic E-state index is 0.0287. The van der Waals surface area contributed by atoms with E-state index in [1.165, 1.54) is 33.3 Å². The molecule has 0 spiro atoms. The summed E-state index contributed by atoms with van der Waals surface area (Å²) in [6, 6.07) is 55.0. The van der Waals surface area contributed by atoms with Gasteiger partial charge in [-0.15, -0.1) is 0 Å². The zero-order chi connectivity index (χ0) is 31.9. The lowest BCUT2D eigenvalue weighted by atomic mass is 9.43. The summed E-state index contributed by atoms with van der Waals surface area (Å²) in [7, 11) is 0. The van der Waals surface area contributed by atoms with Gasteiger partial charge < -0.3 is 4.81 Å². The zero-order valence-electron chi connectivity index (χ0n) is 26.1. The molecule has 2 aliphatic rings. The summed E-state index contributed by atoms with van der Waals surface area (Å²) < 4.78 is 0. The molecular formula is C43H29BN4. The summed E-state index contributed by atoms with van der Waals surface area (Å²) in [5.41, 5.74) is 12.6. The lowest BCUT2D eigenvalue weighted by Gasteiger charge is -2.39. The quantitative estimate of drug-likeness (QED) is 0.182. The third kappa shape index (κ3) is 4.84. The van der Waals surface area contributed by atoms with Gasteiger partial charge in [-0.2, -0.15) is 0 Å². The number of nitrogens with zero attached hydrogens (tertiary/aromatic N) is 4. The molecule has 4 nitrogen and oxygen atoms in total. The van der Waals surface area contributed by atoms with Gasteiger partial charge in [0.05, 0.1) is 0 Å². The van der Waals surface area contributed by atoms with Crippen molar-refractivity contribution in [3.05, 3.63) is 182 Å². The molecule has 5 heteroatoms. The second-order valence-electron chi connectivity index (χ2n) is 12.0. The Morgan fingerprint density at radius 2 is 0.958 bits per heavy atom. The van der Waals surface area contributed by atoms with Gasteiger partial charge in [-0.3, -0.25) is 0 Å². The van der Waals surface area contributed by atoms with Gasteiger partial charge in [0.1, 0.15) is 0 Å². The van der Waals surface area contributed by atoms with Gasteiger partial charge in [0.15, 0.2) is 17.5 Å². The van der Waals surface area contributed by atoms with Crippen molar-refractivity contribution >= 4 is 23.5 Å². The monoisotopic (exact) mass is 612 g/mol. The molecule has 224 valence electrons. The second kappa shape index (κ2) is 11.8. The molecule has 0 aliphatic carbocycles. The fraction of sp³-hybridized carbons (Fsp3) is 0. The van der Waals surface area contributed by atoms with E-state index >= 15 is 0 Å². The Kier molecular flexibility index (Phi) is 6.87. The maximum atomic E-state index is 5.04. The summed E-state index contributed by atoms with van der Waals surface area (Å²) in [4.78, 5) is 17.4. The molecule has 7 aromatic rings. The molecular weight excluding hydrogens is 583 g/mol. The van der Waals surface area contributed by atoms with Crippen molar-refractivity contribution in [1.82, 2.24) is 15.0 Å². The number of allylic oxidation sites excluding steroid dienone is 2. The van der Waals surface area contributed by atoms with Crippen molar-refractivity contribution in [3.8, 4) is 56.4 Å². The fourth-order valence-electron chi connectivity index (χ4n) is 6.98. The van der Waals surface area contributed by atoms with Gasteiger partial charge in [-0.05, 0) is 57.6 Å². The van der Waals surface area contributed by atoms with Crippen LogP contribution in [0.25, 0.3) is 61.9 Å². The van der Waals surface area contributed by atoms with Crippen LogP contribution in [0.15, 0.2) is 176 Å². The average molecular weight is 613 g/mol. The first kappa shape index (κ1) is 27.9. The van der Waals surface area contributed by atoms with E-state index in [9.17, 15) is 0 Å². The van der Waals surface area contributed by atoms with Crippen LogP contribution >= 0.6 is 0 Å². The zero-order valence-corrected chi connectivity index (χ0v) is 26.1. The van der Waals surface area contributed by atoms with E-state index in [1.54, 1.807) is 0 Å². The fourth-order valence-corrected chi connectivity index (χ4v) is 6.98. The maximum absolute atomic E-state index is 5.04. The molecule has 9 rings (SSSR count). The van der Waals surface area contributed by atoms with Crippen LogP contribution in [0, 0.1) is 0 Å². The number of aromatic nitrogens is 3. The average Bonchev–Trinajstić information content (AvgIpc) is 3.18. The van der Waals surface area contributed by atoms with Crippen molar-refractivity contribution in [2.24, 2.45) is 0 Å². The Labute approximate surface area is 280 Å². The Balaban J connectivity index is 1.23. The molecule has 6 aromatic carbocycles. The Bertz CT molecular complexity index is 2290. The van der Waals surface area contributed by atoms with Crippen molar-refractivity contribution in [2.45, 2.75) is 0 Å². The lowest BCUT2D eigenvalue weighted by molar-refractivity contribution is 1.07. The SMILES string of the molecule is C1=CN2B(C(c3ccc(-c4nc(-c5ccccc5)nc(-c5ccccc5)n4)cc3-c3ccccc3)=C1)c1ccccc1-c1ccccc12. The first-order valence-corrected chi connectivity index (χ1v) is 16.2. The van der Waals surface area contributed by atoms with Crippen molar-refractivity contribution in [2.75, 3.05) is 4.81 Å². The third-order valence-corrected chi connectivity index (χ3v) is 9.20. The molecule has 1 aromatic heterocycles. The van der Waals surface area contributed by atoms with Gasteiger partial charge >= 0.3 is 6.85 Å². The van der Waals surface area contributed by atoms with Gasteiger partial charge in [0.25, 0.3) is 0 Å². The molecule has 0 radical (unpaired) electrons. The van der Waals surface area contributed by atoms with E-state index in [0.29, 0.717) is 17.5 Å². The predicted molar refractivity (Wildman–Crippen MR) is 198 cm³/mol. The number of anilines is 1. The third-order valence-electron chi connectivity index (χ3n) is 9.20. The number of rotatable bonds is 5.